The Bertz CT molecular complexity index is 758. The molecule has 0 aliphatic carbocycles. The Labute approximate surface area is 164 Å². The van der Waals surface area contributed by atoms with Gasteiger partial charge in [-0.05, 0) is 29.8 Å². The number of nitrogens with zero attached hydrogens (tertiary/aromatic N) is 1. The summed E-state index contributed by atoms with van der Waals surface area (Å²) in [4.78, 5) is 25.9. The van der Waals surface area contributed by atoms with Crippen LogP contribution in [-0.2, 0) is 25.6 Å². The molecule has 148 valence electrons. The second-order valence-electron chi connectivity index (χ2n) is 6.40. The molecule has 7 nitrogen and oxygen atoms in total. The van der Waals surface area contributed by atoms with E-state index in [2.05, 4.69) is 10.2 Å². The fraction of sp³-hybridized carbons (Fsp3) is 0.333. The summed E-state index contributed by atoms with van der Waals surface area (Å²) in [6.07, 6.45) is 0. The van der Waals surface area contributed by atoms with Gasteiger partial charge >= 0.3 is 5.97 Å². The van der Waals surface area contributed by atoms with E-state index in [4.69, 9.17) is 14.2 Å². The first-order valence-electron chi connectivity index (χ1n) is 9.21. The van der Waals surface area contributed by atoms with Gasteiger partial charge in [0.2, 0.25) is 0 Å². The van der Waals surface area contributed by atoms with E-state index >= 15 is 0 Å². The molecule has 2 aromatic rings. The number of hydrogen-bond donors (Lipinski definition) is 1. The standard InChI is InChI=1S/C21H24N2O5/c24-20(15-28-21(25)16-27-19-4-2-1-3-5-19)22-18-8-6-17(7-9-18)14-23-10-12-26-13-11-23/h1-9H,10-16H2,(H,22,24). The quantitative estimate of drug-likeness (QED) is 0.703. The van der Waals surface area contributed by atoms with Crippen LogP contribution in [0.15, 0.2) is 54.6 Å². The van der Waals surface area contributed by atoms with E-state index in [9.17, 15) is 9.59 Å². The van der Waals surface area contributed by atoms with Crippen molar-refractivity contribution in [1.82, 2.24) is 4.90 Å². The monoisotopic (exact) mass is 384 g/mol. The van der Waals surface area contributed by atoms with Crippen LogP contribution < -0.4 is 10.1 Å². The van der Waals surface area contributed by atoms with Crippen molar-refractivity contribution < 1.29 is 23.8 Å². The van der Waals surface area contributed by atoms with Gasteiger partial charge in [0.05, 0.1) is 13.2 Å². The average molecular weight is 384 g/mol. The van der Waals surface area contributed by atoms with Crippen LogP contribution in [0.2, 0.25) is 0 Å². The number of nitrogens with one attached hydrogen (secondary N) is 1. The van der Waals surface area contributed by atoms with Crippen LogP contribution in [0.5, 0.6) is 5.75 Å². The lowest BCUT2D eigenvalue weighted by Crippen LogP contribution is -2.35. The zero-order valence-electron chi connectivity index (χ0n) is 15.6. The third-order valence-electron chi connectivity index (χ3n) is 4.21. The highest BCUT2D eigenvalue weighted by atomic mass is 16.6. The first kappa shape index (κ1) is 19.9. The molecule has 7 heteroatoms. The number of amides is 1. The summed E-state index contributed by atoms with van der Waals surface area (Å²) < 4.78 is 15.5. The zero-order chi connectivity index (χ0) is 19.6. The molecule has 1 aliphatic heterocycles. The van der Waals surface area contributed by atoms with Crippen LogP contribution in [0.1, 0.15) is 5.56 Å². The highest BCUT2D eigenvalue weighted by Crippen LogP contribution is 2.12. The summed E-state index contributed by atoms with van der Waals surface area (Å²) in [5.74, 6) is -0.421. The van der Waals surface area contributed by atoms with Gasteiger partial charge in [0.25, 0.3) is 5.91 Å². The van der Waals surface area contributed by atoms with Crippen LogP contribution in [0.3, 0.4) is 0 Å². The molecule has 0 saturated carbocycles. The van der Waals surface area contributed by atoms with Crippen molar-refractivity contribution in [3.63, 3.8) is 0 Å². The largest absolute Gasteiger partial charge is 0.482 e. The van der Waals surface area contributed by atoms with Crippen molar-refractivity contribution in [3.8, 4) is 5.75 Å². The molecule has 0 radical (unpaired) electrons. The van der Waals surface area contributed by atoms with Gasteiger partial charge in [0.15, 0.2) is 13.2 Å². The number of carbonyl (C=O) groups excluding carboxylic acids is 2. The van der Waals surface area contributed by atoms with Crippen molar-refractivity contribution in [2.45, 2.75) is 6.54 Å². The SMILES string of the molecule is O=C(COC(=O)COc1ccccc1)Nc1ccc(CN2CCOCC2)cc1. The molecular weight excluding hydrogens is 360 g/mol. The number of rotatable bonds is 8. The number of anilines is 1. The molecule has 0 bridgehead atoms. The van der Waals surface area contributed by atoms with Crippen LogP contribution in [-0.4, -0.2) is 56.3 Å². The smallest absolute Gasteiger partial charge is 0.344 e. The van der Waals surface area contributed by atoms with Crippen LogP contribution in [0.25, 0.3) is 0 Å². The zero-order valence-corrected chi connectivity index (χ0v) is 15.6. The van der Waals surface area contributed by atoms with E-state index in [1.165, 1.54) is 5.56 Å². The molecule has 1 heterocycles. The van der Waals surface area contributed by atoms with E-state index in [0.29, 0.717) is 11.4 Å². The Kier molecular flexibility index (Phi) is 7.40. The van der Waals surface area contributed by atoms with Gasteiger partial charge in [-0.15, -0.1) is 0 Å². The minimum atomic E-state index is -0.597. The van der Waals surface area contributed by atoms with Crippen molar-refractivity contribution in [3.05, 3.63) is 60.2 Å². The number of para-hydroxylation sites is 1. The maximum Gasteiger partial charge on any atom is 0.344 e. The summed E-state index contributed by atoms with van der Waals surface area (Å²) in [5, 5.41) is 2.71. The summed E-state index contributed by atoms with van der Waals surface area (Å²) in [6, 6.07) is 16.6. The highest BCUT2D eigenvalue weighted by Gasteiger charge is 2.11. The molecule has 0 unspecified atom stereocenters. The van der Waals surface area contributed by atoms with Crippen molar-refractivity contribution in [1.29, 1.82) is 0 Å². The van der Waals surface area contributed by atoms with Gasteiger partial charge < -0.3 is 19.5 Å². The van der Waals surface area contributed by atoms with E-state index in [0.717, 1.165) is 32.8 Å². The Hall–Kier alpha value is -2.90. The van der Waals surface area contributed by atoms with Gasteiger partial charge in [0, 0.05) is 25.3 Å². The maximum absolute atomic E-state index is 11.9. The first-order chi connectivity index (χ1) is 13.7. The maximum atomic E-state index is 11.9. The molecule has 1 N–H and O–H groups in total. The second-order valence-corrected chi connectivity index (χ2v) is 6.40. The van der Waals surface area contributed by atoms with E-state index < -0.39 is 11.9 Å². The van der Waals surface area contributed by atoms with Crippen molar-refractivity contribution >= 4 is 17.6 Å². The molecule has 28 heavy (non-hydrogen) atoms. The molecule has 0 atom stereocenters. The molecule has 1 aliphatic rings. The van der Waals surface area contributed by atoms with Crippen LogP contribution in [0, 0.1) is 0 Å². The van der Waals surface area contributed by atoms with Gasteiger partial charge in [-0.25, -0.2) is 4.79 Å². The predicted octanol–water partition coefficient (Wildman–Crippen LogP) is 2.08. The van der Waals surface area contributed by atoms with Gasteiger partial charge in [-0.2, -0.15) is 0 Å². The van der Waals surface area contributed by atoms with E-state index in [1.54, 1.807) is 24.3 Å². The number of morpholine rings is 1. The predicted molar refractivity (Wildman–Crippen MR) is 104 cm³/mol. The Morgan fingerprint density at radius 1 is 0.964 bits per heavy atom. The Morgan fingerprint density at radius 3 is 2.39 bits per heavy atom. The van der Waals surface area contributed by atoms with Crippen LogP contribution in [0.4, 0.5) is 5.69 Å². The first-order valence-corrected chi connectivity index (χ1v) is 9.21. The normalized spacial score (nSPS) is 14.3. The number of benzene rings is 2. The number of hydrogen-bond acceptors (Lipinski definition) is 6. The number of esters is 1. The molecule has 3 rings (SSSR count). The van der Waals surface area contributed by atoms with Gasteiger partial charge in [-0.1, -0.05) is 30.3 Å². The van der Waals surface area contributed by atoms with E-state index in [-0.39, 0.29) is 13.2 Å². The highest BCUT2D eigenvalue weighted by molar-refractivity contribution is 5.92. The summed E-state index contributed by atoms with van der Waals surface area (Å²) in [6.45, 7) is 3.65. The third kappa shape index (κ3) is 6.68. The average Bonchev–Trinajstić information content (AvgIpc) is 2.74. The lowest BCUT2D eigenvalue weighted by molar-refractivity contribution is -0.149. The third-order valence-corrected chi connectivity index (χ3v) is 4.21. The Morgan fingerprint density at radius 2 is 1.68 bits per heavy atom. The minimum Gasteiger partial charge on any atom is -0.482 e. The van der Waals surface area contributed by atoms with Crippen molar-refractivity contribution in [2.75, 3.05) is 44.8 Å². The molecule has 1 amide bonds. The summed E-state index contributed by atoms with van der Waals surface area (Å²) in [7, 11) is 0. The van der Waals surface area contributed by atoms with Gasteiger partial charge in [-0.3, -0.25) is 9.69 Å². The molecule has 1 fully saturated rings. The molecule has 1 saturated heterocycles. The fourth-order valence-corrected chi connectivity index (χ4v) is 2.75. The minimum absolute atomic E-state index is 0.243. The van der Waals surface area contributed by atoms with Crippen molar-refractivity contribution in [2.24, 2.45) is 0 Å². The Balaban J connectivity index is 1.36. The fourth-order valence-electron chi connectivity index (χ4n) is 2.75. The number of ether oxygens (including phenoxy) is 3. The topological polar surface area (TPSA) is 77.1 Å². The van der Waals surface area contributed by atoms with Gasteiger partial charge in [0.1, 0.15) is 5.75 Å². The summed E-state index contributed by atoms with van der Waals surface area (Å²) in [5.41, 5.74) is 1.83. The van der Waals surface area contributed by atoms with E-state index in [1.807, 2.05) is 30.3 Å². The lowest BCUT2D eigenvalue weighted by Gasteiger charge is -2.26. The molecular formula is C21H24N2O5. The second kappa shape index (κ2) is 10.4. The van der Waals surface area contributed by atoms with Crippen LogP contribution >= 0.6 is 0 Å². The molecule has 0 spiro atoms. The number of carbonyl (C=O) groups is 2. The summed E-state index contributed by atoms with van der Waals surface area (Å²) >= 11 is 0. The molecule has 0 aromatic heterocycles. The molecule has 2 aromatic carbocycles. The lowest BCUT2D eigenvalue weighted by atomic mass is 10.2.